The van der Waals surface area contributed by atoms with Crippen LogP contribution in [0, 0.1) is 5.92 Å². The molecule has 7 heteroatoms. The molecule has 0 aliphatic rings. The van der Waals surface area contributed by atoms with E-state index in [0.717, 1.165) is 5.56 Å². The minimum Gasteiger partial charge on any atom is -0.444 e. The zero-order chi connectivity index (χ0) is 22.3. The van der Waals surface area contributed by atoms with E-state index < -0.39 is 11.7 Å². The number of benzene rings is 2. The van der Waals surface area contributed by atoms with Crippen molar-refractivity contribution in [2.24, 2.45) is 5.92 Å². The molecule has 7 nitrogen and oxygen atoms in total. The summed E-state index contributed by atoms with van der Waals surface area (Å²) in [5.41, 5.74) is 1.90. The molecule has 3 amide bonds. The highest BCUT2D eigenvalue weighted by Gasteiger charge is 2.16. The normalized spacial score (nSPS) is 11.0. The molecule has 0 saturated carbocycles. The third kappa shape index (κ3) is 7.58. The van der Waals surface area contributed by atoms with E-state index in [1.807, 2.05) is 26.0 Å². The molecule has 2 aromatic rings. The number of carbonyl (C=O) groups is 3. The van der Waals surface area contributed by atoms with Crippen LogP contribution >= 0.6 is 0 Å². The molecular formula is C23H29N3O4. The maximum atomic E-state index is 12.5. The molecule has 0 radical (unpaired) electrons. The molecule has 3 N–H and O–H groups in total. The molecule has 0 spiro atoms. The van der Waals surface area contributed by atoms with Gasteiger partial charge in [0.2, 0.25) is 5.91 Å². The Balaban J connectivity index is 1.92. The number of hydrogen-bond acceptors (Lipinski definition) is 4. The first-order valence-electron chi connectivity index (χ1n) is 9.81. The van der Waals surface area contributed by atoms with Gasteiger partial charge in [0, 0.05) is 29.4 Å². The Bertz CT molecular complexity index is 899. The number of carbonyl (C=O) groups excluding carboxylic acids is 3. The minimum atomic E-state index is -0.605. The Morgan fingerprint density at radius 3 is 2.20 bits per heavy atom. The van der Waals surface area contributed by atoms with Crippen LogP contribution in [0.5, 0.6) is 0 Å². The van der Waals surface area contributed by atoms with Crippen molar-refractivity contribution in [3.63, 3.8) is 0 Å². The lowest BCUT2D eigenvalue weighted by Gasteiger charge is -2.19. The Hall–Kier alpha value is -3.35. The van der Waals surface area contributed by atoms with Gasteiger partial charge in [0.05, 0.1) is 0 Å². The van der Waals surface area contributed by atoms with Crippen molar-refractivity contribution in [1.29, 1.82) is 0 Å². The molecule has 0 bridgehead atoms. The largest absolute Gasteiger partial charge is 0.444 e. The Kier molecular flexibility index (Phi) is 7.58. The number of ether oxygens (including phenoxy) is 1. The lowest BCUT2D eigenvalue weighted by atomic mass is 10.1. The van der Waals surface area contributed by atoms with E-state index >= 15 is 0 Å². The summed E-state index contributed by atoms with van der Waals surface area (Å²) in [5, 5.41) is 8.29. The van der Waals surface area contributed by atoms with E-state index in [-0.39, 0.29) is 17.7 Å². The second kappa shape index (κ2) is 9.91. The van der Waals surface area contributed by atoms with Gasteiger partial charge in [-0.05, 0) is 56.7 Å². The van der Waals surface area contributed by atoms with Crippen LogP contribution in [0.25, 0.3) is 0 Å². The quantitative estimate of drug-likeness (QED) is 0.649. The van der Waals surface area contributed by atoms with Gasteiger partial charge in [-0.2, -0.15) is 0 Å². The number of nitrogens with one attached hydrogen (secondary N) is 3. The number of anilines is 2. The molecule has 0 aliphatic heterocycles. The van der Waals surface area contributed by atoms with Gasteiger partial charge in [-0.25, -0.2) is 4.79 Å². The molecule has 2 aromatic carbocycles. The third-order valence-corrected chi connectivity index (χ3v) is 3.97. The van der Waals surface area contributed by atoms with Crippen LogP contribution in [-0.4, -0.2) is 23.5 Å². The van der Waals surface area contributed by atoms with Crippen molar-refractivity contribution in [1.82, 2.24) is 5.32 Å². The fourth-order valence-corrected chi connectivity index (χ4v) is 2.44. The van der Waals surface area contributed by atoms with Gasteiger partial charge in [0.25, 0.3) is 5.91 Å². The molecule has 0 unspecified atom stereocenters. The van der Waals surface area contributed by atoms with Crippen LogP contribution in [0.2, 0.25) is 0 Å². The predicted molar refractivity (Wildman–Crippen MR) is 117 cm³/mol. The Morgan fingerprint density at radius 1 is 0.933 bits per heavy atom. The van der Waals surface area contributed by atoms with Gasteiger partial charge >= 0.3 is 6.09 Å². The van der Waals surface area contributed by atoms with Gasteiger partial charge in [0.1, 0.15) is 5.60 Å². The Labute approximate surface area is 177 Å². The second-order valence-electron chi connectivity index (χ2n) is 8.23. The first-order chi connectivity index (χ1) is 14.0. The van der Waals surface area contributed by atoms with Crippen molar-refractivity contribution < 1.29 is 19.1 Å². The molecule has 0 saturated heterocycles. The summed E-state index contributed by atoms with van der Waals surface area (Å²) >= 11 is 0. The van der Waals surface area contributed by atoms with Gasteiger partial charge < -0.3 is 15.4 Å². The molecular weight excluding hydrogens is 382 g/mol. The predicted octanol–water partition coefficient (Wildman–Crippen LogP) is 4.56. The second-order valence-corrected chi connectivity index (χ2v) is 8.23. The average Bonchev–Trinajstić information content (AvgIpc) is 2.65. The van der Waals surface area contributed by atoms with Crippen molar-refractivity contribution in [3.05, 3.63) is 59.7 Å². The maximum Gasteiger partial charge on any atom is 0.412 e. The fourth-order valence-electron chi connectivity index (χ4n) is 2.44. The molecule has 30 heavy (non-hydrogen) atoms. The van der Waals surface area contributed by atoms with Crippen molar-refractivity contribution in [2.75, 3.05) is 10.6 Å². The fraction of sp³-hybridized carbons (Fsp3) is 0.348. The molecule has 0 heterocycles. The first kappa shape index (κ1) is 22.9. The highest BCUT2D eigenvalue weighted by molar-refractivity contribution is 5.96. The highest BCUT2D eigenvalue weighted by atomic mass is 16.6. The van der Waals surface area contributed by atoms with Gasteiger partial charge in [-0.15, -0.1) is 0 Å². The van der Waals surface area contributed by atoms with Crippen LogP contribution in [0.4, 0.5) is 16.2 Å². The van der Waals surface area contributed by atoms with Crippen molar-refractivity contribution >= 4 is 29.3 Å². The summed E-state index contributed by atoms with van der Waals surface area (Å²) in [6, 6.07) is 13.9. The van der Waals surface area contributed by atoms with E-state index in [0.29, 0.717) is 23.5 Å². The van der Waals surface area contributed by atoms with Gasteiger partial charge in [0.15, 0.2) is 0 Å². The zero-order valence-electron chi connectivity index (χ0n) is 18.0. The maximum absolute atomic E-state index is 12.5. The smallest absolute Gasteiger partial charge is 0.412 e. The van der Waals surface area contributed by atoms with E-state index in [1.165, 1.54) is 0 Å². The topological polar surface area (TPSA) is 96.5 Å². The van der Waals surface area contributed by atoms with Crippen LogP contribution in [0.15, 0.2) is 48.5 Å². The average molecular weight is 412 g/mol. The summed E-state index contributed by atoms with van der Waals surface area (Å²) in [5.74, 6) is -0.402. The van der Waals surface area contributed by atoms with E-state index in [1.54, 1.807) is 57.2 Å². The first-order valence-corrected chi connectivity index (χ1v) is 9.81. The van der Waals surface area contributed by atoms with Crippen LogP contribution < -0.4 is 16.0 Å². The monoisotopic (exact) mass is 411 g/mol. The molecule has 2 rings (SSSR count). The lowest BCUT2D eigenvalue weighted by molar-refractivity contribution is -0.118. The SMILES string of the molecule is CC(C)C(=O)Nc1ccc(CNC(=O)c2cccc(NC(=O)OC(C)(C)C)c2)cc1. The lowest BCUT2D eigenvalue weighted by Crippen LogP contribution is -2.27. The molecule has 0 fully saturated rings. The van der Waals surface area contributed by atoms with Crippen molar-refractivity contribution in [2.45, 2.75) is 46.8 Å². The van der Waals surface area contributed by atoms with E-state index in [9.17, 15) is 14.4 Å². The van der Waals surface area contributed by atoms with E-state index in [4.69, 9.17) is 4.74 Å². The highest BCUT2D eigenvalue weighted by Crippen LogP contribution is 2.15. The summed E-state index contributed by atoms with van der Waals surface area (Å²) in [6.45, 7) is 9.33. The van der Waals surface area contributed by atoms with Crippen LogP contribution in [0.1, 0.15) is 50.5 Å². The number of rotatable bonds is 6. The van der Waals surface area contributed by atoms with Crippen LogP contribution in [-0.2, 0) is 16.1 Å². The van der Waals surface area contributed by atoms with E-state index in [2.05, 4.69) is 16.0 Å². The summed E-state index contributed by atoms with van der Waals surface area (Å²) in [4.78, 5) is 36.1. The summed E-state index contributed by atoms with van der Waals surface area (Å²) < 4.78 is 5.22. The third-order valence-electron chi connectivity index (χ3n) is 3.97. The molecule has 0 atom stereocenters. The van der Waals surface area contributed by atoms with Gasteiger partial charge in [-0.3, -0.25) is 14.9 Å². The minimum absolute atomic E-state index is 0.0454. The number of hydrogen-bond donors (Lipinski definition) is 3. The molecule has 160 valence electrons. The zero-order valence-corrected chi connectivity index (χ0v) is 18.0. The summed E-state index contributed by atoms with van der Waals surface area (Å²) in [6.07, 6.45) is -0.579. The van der Waals surface area contributed by atoms with Crippen LogP contribution in [0.3, 0.4) is 0 Å². The molecule has 0 aliphatic carbocycles. The Morgan fingerprint density at radius 2 is 1.60 bits per heavy atom. The van der Waals surface area contributed by atoms with Crippen molar-refractivity contribution in [3.8, 4) is 0 Å². The standard InChI is InChI=1S/C23H29N3O4/c1-15(2)20(27)25-18-11-9-16(10-12-18)14-24-21(28)17-7-6-8-19(13-17)26-22(29)30-23(3,4)5/h6-13,15H,14H2,1-5H3,(H,24,28)(H,25,27)(H,26,29). The number of amides is 3. The molecule has 0 aromatic heterocycles. The summed E-state index contributed by atoms with van der Waals surface area (Å²) in [7, 11) is 0. The van der Waals surface area contributed by atoms with Gasteiger partial charge in [-0.1, -0.05) is 32.0 Å².